The van der Waals surface area contributed by atoms with Gasteiger partial charge in [0.1, 0.15) is 11.9 Å². The van der Waals surface area contributed by atoms with Crippen LogP contribution in [-0.2, 0) is 11.3 Å². The van der Waals surface area contributed by atoms with Gasteiger partial charge in [0.2, 0.25) is 5.91 Å². The van der Waals surface area contributed by atoms with E-state index in [1.165, 1.54) is 12.1 Å². The van der Waals surface area contributed by atoms with Gasteiger partial charge in [-0.1, -0.05) is 40.2 Å². The molecule has 0 aliphatic carbocycles. The van der Waals surface area contributed by atoms with Crippen molar-refractivity contribution in [1.29, 1.82) is 0 Å². The van der Waals surface area contributed by atoms with Crippen LogP contribution in [0, 0.1) is 5.82 Å². The number of primary amides is 1. The molecule has 0 spiro atoms. The molecule has 2 rings (SSSR count). The third-order valence-corrected chi connectivity index (χ3v) is 3.42. The van der Waals surface area contributed by atoms with Gasteiger partial charge in [0, 0.05) is 11.0 Å². The minimum absolute atomic E-state index is 0.302. The Kier molecular flexibility index (Phi) is 4.87. The highest BCUT2D eigenvalue weighted by atomic mass is 79.9. The van der Waals surface area contributed by atoms with Gasteiger partial charge in [0.25, 0.3) is 0 Å². The molecule has 2 aromatic rings. The zero-order valence-electron chi connectivity index (χ0n) is 10.6. The summed E-state index contributed by atoms with van der Waals surface area (Å²) in [6.07, 6.45) is 0. The van der Waals surface area contributed by atoms with Gasteiger partial charge >= 0.3 is 0 Å². The fourth-order valence-electron chi connectivity index (χ4n) is 1.90. The Morgan fingerprint density at radius 3 is 2.55 bits per heavy atom. The fraction of sp³-hybridized carbons (Fsp3) is 0.133. The van der Waals surface area contributed by atoms with E-state index in [0.29, 0.717) is 6.54 Å². The van der Waals surface area contributed by atoms with E-state index >= 15 is 0 Å². The number of carbonyl (C=O) groups is 1. The van der Waals surface area contributed by atoms with Gasteiger partial charge in [-0.3, -0.25) is 10.1 Å². The van der Waals surface area contributed by atoms with Crippen LogP contribution in [0.5, 0.6) is 0 Å². The molecular formula is C15H14BrFN2O. The van der Waals surface area contributed by atoms with Crippen LogP contribution in [0.2, 0.25) is 0 Å². The minimum atomic E-state index is -0.605. The summed E-state index contributed by atoms with van der Waals surface area (Å²) in [7, 11) is 0. The zero-order valence-corrected chi connectivity index (χ0v) is 12.2. The van der Waals surface area contributed by atoms with Gasteiger partial charge in [-0.15, -0.1) is 0 Å². The number of hydrogen-bond acceptors (Lipinski definition) is 2. The van der Waals surface area contributed by atoms with E-state index in [4.69, 9.17) is 5.73 Å². The maximum Gasteiger partial charge on any atom is 0.239 e. The topological polar surface area (TPSA) is 55.1 Å². The molecule has 0 heterocycles. The van der Waals surface area contributed by atoms with Crippen molar-refractivity contribution < 1.29 is 9.18 Å². The lowest BCUT2D eigenvalue weighted by Gasteiger charge is -2.16. The fourth-order valence-corrected chi connectivity index (χ4v) is 2.17. The summed E-state index contributed by atoms with van der Waals surface area (Å²) in [6.45, 7) is 0.363. The third-order valence-electron chi connectivity index (χ3n) is 2.89. The maximum absolute atomic E-state index is 13.1. The number of halogens is 2. The Morgan fingerprint density at radius 1 is 1.25 bits per heavy atom. The van der Waals surface area contributed by atoms with Crippen molar-refractivity contribution in [2.45, 2.75) is 12.6 Å². The van der Waals surface area contributed by atoms with Crippen LogP contribution in [-0.4, -0.2) is 5.91 Å². The molecule has 0 saturated heterocycles. The van der Waals surface area contributed by atoms with Crippen LogP contribution in [0.3, 0.4) is 0 Å². The Balaban J connectivity index is 2.10. The molecule has 0 fully saturated rings. The summed E-state index contributed by atoms with van der Waals surface area (Å²) in [5.74, 6) is -0.771. The Bertz CT molecular complexity index is 601. The van der Waals surface area contributed by atoms with E-state index in [1.54, 1.807) is 12.1 Å². The average Bonchev–Trinajstić information content (AvgIpc) is 2.41. The number of nitrogens with one attached hydrogen (secondary N) is 1. The van der Waals surface area contributed by atoms with Crippen molar-refractivity contribution in [3.05, 3.63) is 69.9 Å². The standard InChI is InChI=1S/C15H14BrFN2O/c16-12-6-4-11(5-7-12)14(15(18)20)19-9-10-2-1-3-13(17)8-10/h1-8,14,19H,9H2,(H2,18,20)/t14-/m0/s1. The molecule has 0 bridgehead atoms. The van der Waals surface area contributed by atoms with Crippen LogP contribution in [0.4, 0.5) is 4.39 Å². The number of rotatable bonds is 5. The van der Waals surface area contributed by atoms with Crippen LogP contribution in [0.1, 0.15) is 17.2 Å². The first-order valence-corrected chi connectivity index (χ1v) is 6.88. The summed E-state index contributed by atoms with van der Waals surface area (Å²) in [5, 5.41) is 3.04. The van der Waals surface area contributed by atoms with Crippen LogP contribution >= 0.6 is 15.9 Å². The quantitative estimate of drug-likeness (QED) is 0.881. The number of hydrogen-bond donors (Lipinski definition) is 2. The van der Waals surface area contributed by atoms with E-state index < -0.39 is 11.9 Å². The summed E-state index contributed by atoms with van der Waals surface area (Å²) in [5.41, 5.74) is 6.95. The largest absolute Gasteiger partial charge is 0.368 e. The second kappa shape index (κ2) is 6.63. The molecule has 5 heteroatoms. The van der Waals surface area contributed by atoms with Gasteiger partial charge in [-0.25, -0.2) is 4.39 Å². The monoisotopic (exact) mass is 336 g/mol. The van der Waals surface area contributed by atoms with E-state index in [2.05, 4.69) is 21.2 Å². The van der Waals surface area contributed by atoms with Crippen molar-refractivity contribution in [2.75, 3.05) is 0 Å². The van der Waals surface area contributed by atoms with Crippen molar-refractivity contribution in [3.63, 3.8) is 0 Å². The Labute approximate surface area is 125 Å². The molecule has 3 N–H and O–H groups in total. The number of nitrogens with two attached hydrogens (primary N) is 1. The molecule has 1 atom stereocenters. The van der Waals surface area contributed by atoms with Crippen LogP contribution in [0.25, 0.3) is 0 Å². The van der Waals surface area contributed by atoms with Gasteiger partial charge in [0.05, 0.1) is 0 Å². The van der Waals surface area contributed by atoms with Crippen molar-refractivity contribution >= 4 is 21.8 Å². The first-order valence-electron chi connectivity index (χ1n) is 6.09. The minimum Gasteiger partial charge on any atom is -0.368 e. The van der Waals surface area contributed by atoms with E-state index in [1.807, 2.05) is 24.3 Å². The first-order chi connectivity index (χ1) is 9.56. The van der Waals surface area contributed by atoms with Crippen molar-refractivity contribution in [1.82, 2.24) is 5.32 Å². The molecule has 20 heavy (non-hydrogen) atoms. The smallest absolute Gasteiger partial charge is 0.239 e. The predicted octanol–water partition coefficient (Wildman–Crippen LogP) is 2.90. The van der Waals surface area contributed by atoms with E-state index in [-0.39, 0.29) is 5.82 Å². The highest BCUT2D eigenvalue weighted by Gasteiger charge is 2.16. The summed E-state index contributed by atoms with van der Waals surface area (Å²) < 4.78 is 14.0. The van der Waals surface area contributed by atoms with Crippen LogP contribution < -0.4 is 11.1 Å². The van der Waals surface area contributed by atoms with Gasteiger partial charge in [0.15, 0.2) is 0 Å². The molecule has 0 aliphatic heterocycles. The van der Waals surface area contributed by atoms with Gasteiger partial charge in [-0.05, 0) is 35.4 Å². The first kappa shape index (κ1) is 14.7. The summed E-state index contributed by atoms with van der Waals surface area (Å²) in [4.78, 5) is 11.5. The molecule has 0 radical (unpaired) electrons. The number of carbonyl (C=O) groups excluding carboxylic acids is 1. The van der Waals surface area contributed by atoms with E-state index in [0.717, 1.165) is 15.6 Å². The SMILES string of the molecule is NC(=O)[C@@H](NCc1cccc(F)c1)c1ccc(Br)cc1. The Hall–Kier alpha value is -1.72. The predicted molar refractivity (Wildman–Crippen MR) is 79.3 cm³/mol. The maximum atomic E-state index is 13.1. The lowest BCUT2D eigenvalue weighted by molar-refractivity contribution is -0.120. The molecule has 3 nitrogen and oxygen atoms in total. The van der Waals surface area contributed by atoms with Crippen LogP contribution in [0.15, 0.2) is 53.0 Å². The molecule has 0 aliphatic rings. The number of benzene rings is 2. The van der Waals surface area contributed by atoms with Gasteiger partial charge < -0.3 is 5.73 Å². The molecule has 0 unspecified atom stereocenters. The molecule has 0 saturated carbocycles. The summed E-state index contributed by atoms with van der Waals surface area (Å²) >= 11 is 3.34. The Morgan fingerprint density at radius 2 is 1.95 bits per heavy atom. The lowest BCUT2D eigenvalue weighted by Crippen LogP contribution is -2.33. The molecule has 1 amide bonds. The lowest BCUT2D eigenvalue weighted by atomic mass is 10.1. The highest BCUT2D eigenvalue weighted by Crippen LogP contribution is 2.17. The molecule has 104 valence electrons. The van der Waals surface area contributed by atoms with Crippen molar-refractivity contribution in [2.24, 2.45) is 5.73 Å². The normalized spacial score (nSPS) is 12.1. The van der Waals surface area contributed by atoms with E-state index in [9.17, 15) is 9.18 Å². The van der Waals surface area contributed by atoms with Crippen molar-refractivity contribution in [3.8, 4) is 0 Å². The second-order valence-electron chi connectivity index (χ2n) is 4.40. The molecule has 0 aromatic heterocycles. The third kappa shape index (κ3) is 3.88. The van der Waals surface area contributed by atoms with Gasteiger partial charge in [-0.2, -0.15) is 0 Å². The zero-order chi connectivity index (χ0) is 14.5. The number of amides is 1. The average molecular weight is 337 g/mol. The second-order valence-corrected chi connectivity index (χ2v) is 5.31. The molecule has 2 aromatic carbocycles. The molecular weight excluding hydrogens is 323 g/mol. The highest BCUT2D eigenvalue weighted by molar-refractivity contribution is 9.10. The summed E-state index contributed by atoms with van der Waals surface area (Å²) in [6, 6.07) is 12.9.